The Morgan fingerprint density at radius 3 is 2.05 bits per heavy atom. The Balaban J connectivity index is 0.00000387. The van der Waals surface area contributed by atoms with Gasteiger partial charge in [-0.3, -0.25) is 4.79 Å². The smallest absolute Gasteiger partial charge is 0.347 e. The van der Waals surface area contributed by atoms with Crippen molar-refractivity contribution < 1.29 is 41.1 Å². The first-order chi connectivity index (χ1) is 19.3. The first-order valence-corrected chi connectivity index (χ1v) is 15.0. The molecule has 2 aliphatic rings. The molecule has 0 unspecified atom stereocenters. The number of aryl methyl sites for hydroxylation is 1. The summed E-state index contributed by atoms with van der Waals surface area (Å²) in [5.74, 6) is -0.759. The lowest BCUT2D eigenvalue weighted by molar-refractivity contribution is -0.957. The van der Waals surface area contributed by atoms with Crippen LogP contribution in [-0.2, 0) is 37.6 Å². The molecule has 0 amide bonds. The van der Waals surface area contributed by atoms with Crippen molar-refractivity contribution in [3.05, 3.63) is 106 Å². The number of carbonyl (C=O) groups excluding carboxylic acids is 2. The maximum atomic E-state index is 13.7. The molecule has 1 N–H and O–H groups in total. The van der Waals surface area contributed by atoms with Crippen LogP contribution in [0.25, 0.3) is 0 Å². The standard InChI is InChI=1S/C33H38NO5S.ClH/c1-3-38-31(35)16-10-15-29-19-20-30(40-29)23-34(2)26-17-18-27(34)22-28(21-26)39-32(36)33(37,24-11-6-4-7-12-24)25-13-8-5-9-14-25;/h4-9,11-14,17-20,26-28,37H,3,10,15-16,21-23H2,1-2H3;1H/q+1;/p-1/t26-,27+,28-,34+;. The van der Waals surface area contributed by atoms with Crippen molar-refractivity contribution in [2.75, 3.05) is 13.7 Å². The lowest BCUT2D eigenvalue weighted by Crippen LogP contribution is -3.00. The number of hydrogen-bond donors (Lipinski definition) is 1. The highest BCUT2D eigenvalue weighted by molar-refractivity contribution is 7.11. The summed E-state index contributed by atoms with van der Waals surface area (Å²) in [7, 11) is 2.29. The van der Waals surface area contributed by atoms with Gasteiger partial charge in [-0.1, -0.05) is 60.7 Å². The molecule has 0 aliphatic carbocycles. The van der Waals surface area contributed by atoms with E-state index in [2.05, 4.69) is 31.3 Å². The molecule has 1 aromatic heterocycles. The van der Waals surface area contributed by atoms with Crippen molar-refractivity contribution in [2.45, 2.75) is 69.4 Å². The van der Waals surface area contributed by atoms with Crippen molar-refractivity contribution in [3.63, 3.8) is 0 Å². The van der Waals surface area contributed by atoms with Crippen LogP contribution in [0.5, 0.6) is 0 Å². The number of fused-ring (bicyclic) bond motifs is 2. The van der Waals surface area contributed by atoms with E-state index in [0.29, 0.717) is 37.0 Å². The Morgan fingerprint density at radius 1 is 0.927 bits per heavy atom. The molecule has 1 fully saturated rings. The van der Waals surface area contributed by atoms with E-state index in [1.54, 1.807) is 24.3 Å². The summed E-state index contributed by atoms with van der Waals surface area (Å²) in [6.45, 7) is 3.16. The third-order valence-electron chi connectivity index (χ3n) is 8.35. The first-order valence-electron chi connectivity index (χ1n) is 14.1. The Labute approximate surface area is 252 Å². The molecule has 1 saturated heterocycles. The molecule has 0 radical (unpaired) electrons. The second kappa shape index (κ2) is 13.3. The molecule has 218 valence electrons. The lowest BCUT2D eigenvalue weighted by atomic mass is 9.86. The fourth-order valence-corrected chi connectivity index (χ4v) is 7.31. The molecule has 5 rings (SSSR count). The van der Waals surface area contributed by atoms with Gasteiger partial charge in [-0.05, 0) is 55.2 Å². The minimum absolute atomic E-state index is 0. The molecule has 4 atom stereocenters. The fraction of sp³-hybridized carbons (Fsp3) is 0.394. The van der Waals surface area contributed by atoms with E-state index in [9.17, 15) is 14.7 Å². The highest BCUT2D eigenvalue weighted by atomic mass is 35.5. The predicted molar refractivity (Wildman–Crippen MR) is 155 cm³/mol. The van der Waals surface area contributed by atoms with Crippen molar-refractivity contribution in [1.82, 2.24) is 0 Å². The fourth-order valence-electron chi connectivity index (χ4n) is 6.12. The van der Waals surface area contributed by atoms with Gasteiger partial charge in [0.15, 0.2) is 0 Å². The van der Waals surface area contributed by atoms with E-state index in [4.69, 9.17) is 9.47 Å². The molecule has 3 aromatic rings. The second-order valence-electron chi connectivity index (χ2n) is 11.0. The SMILES string of the molecule is CCOC(=O)CCCc1ccc(C[N@@+]2(C)[C@@H]3C=C[C@H]2C[C@H](OC(=O)C(O)(c2ccccc2)c2ccccc2)C3)s1.[Cl-]. The van der Waals surface area contributed by atoms with Crippen LogP contribution in [0.4, 0.5) is 0 Å². The van der Waals surface area contributed by atoms with Gasteiger partial charge in [-0.25, -0.2) is 4.79 Å². The molecule has 8 heteroatoms. The topological polar surface area (TPSA) is 72.8 Å². The van der Waals surface area contributed by atoms with Gasteiger partial charge in [0.25, 0.3) is 0 Å². The zero-order valence-electron chi connectivity index (χ0n) is 23.6. The summed E-state index contributed by atoms with van der Waals surface area (Å²) in [4.78, 5) is 27.9. The predicted octanol–water partition coefficient (Wildman–Crippen LogP) is 2.53. The van der Waals surface area contributed by atoms with Crippen LogP contribution < -0.4 is 12.4 Å². The van der Waals surface area contributed by atoms with Crippen molar-refractivity contribution in [2.24, 2.45) is 0 Å². The minimum atomic E-state index is -1.87. The number of thiophene rings is 1. The van der Waals surface area contributed by atoms with Gasteiger partial charge in [0, 0.05) is 24.1 Å². The minimum Gasteiger partial charge on any atom is -1.00 e. The highest BCUT2D eigenvalue weighted by Crippen LogP contribution is 2.41. The number of carbonyl (C=O) groups is 2. The average Bonchev–Trinajstić information content (AvgIpc) is 3.43. The van der Waals surface area contributed by atoms with E-state index in [0.717, 1.165) is 23.9 Å². The molecule has 0 saturated carbocycles. The molecule has 2 bridgehead atoms. The Kier molecular flexibility index (Phi) is 10.1. The number of aliphatic hydroxyl groups is 1. The van der Waals surface area contributed by atoms with Crippen molar-refractivity contribution in [3.8, 4) is 0 Å². The van der Waals surface area contributed by atoms with Crippen LogP contribution in [0.2, 0.25) is 0 Å². The summed E-state index contributed by atoms with van der Waals surface area (Å²) in [5.41, 5.74) is -0.871. The van der Waals surface area contributed by atoms with Crippen LogP contribution in [0.3, 0.4) is 0 Å². The normalized spacial score (nSPS) is 23.0. The summed E-state index contributed by atoms with van der Waals surface area (Å²) in [6.07, 6.45) is 7.82. The maximum Gasteiger partial charge on any atom is 0.347 e. The number of piperidine rings is 1. The summed E-state index contributed by atoms with van der Waals surface area (Å²) in [6, 6.07) is 22.9. The second-order valence-corrected chi connectivity index (χ2v) is 12.2. The molecular weight excluding hydrogens is 558 g/mol. The number of ether oxygens (including phenoxy) is 2. The third kappa shape index (κ3) is 6.59. The zero-order valence-corrected chi connectivity index (χ0v) is 25.2. The monoisotopic (exact) mass is 595 g/mol. The molecule has 0 spiro atoms. The van der Waals surface area contributed by atoms with Gasteiger partial charge < -0.3 is 31.5 Å². The Morgan fingerprint density at radius 2 is 1.49 bits per heavy atom. The summed E-state index contributed by atoms with van der Waals surface area (Å²) < 4.78 is 12.0. The van der Waals surface area contributed by atoms with Crippen LogP contribution in [-0.4, -0.2) is 53.4 Å². The number of quaternary nitrogens is 1. The Hall–Kier alpha value is -2.97. The number of rotatable bonds is 11. The maximum absolute atomic E-state index is 13.7. The highest BCUT2D eigenvalue weighted by Gasteiger charge is 2.51. The van der Waals surface area contributed by atoms with Gasteiger partial charge >= 0.3 is 11.9 Å². The van der Waals surface area contributed by atoms with Crippen LogP contribution >= 0.6 is 11.3 Å². The molecule has 2 aliphatic heterocycles. The number of hydrogen-bond acceptors (Lipinski definition) is 6. The van der Waals surface area contributed by atoms with Gasteiger partial charge in [0.1, 0.15) is 24.7 Å². The summed E-state index contributed by atoms with van der Waals surface area (Å²) in [5, 5.41) is 11.8. The average molecular weight is 596 g/mol. The lowest BCUT2D eigenvalue weighted by Gasteiger charge is -2.47. The van der Waals surface area contributed by atoms with E-state index in [1.807, 2.05) is 54.7 Å². The van der Waals surface area contributed by atoms with Crippen molar-refractivity contribution in [1.29, 1.82) is 0 Å². The Bertz CT molecular complexity index is 1290. The van der Waals surface area contributed by atoms with E-state index in [1.165, 1.54) is 9.75 Å². The number of benzene rings is 2. The van der Waals surface area contributed by atoms with E-state index < -0.39 is 11.6 Å². The molecule has 3 heterocycles. The number of nitrogens with zero attached hydrogens (tertiary/aromatic N) is 1. The van der Waals surface area contributed by atoms with E-state index >= 15 is 0 Å². The zero-order chi connectivity index (χ0) is 28.2. The first kappa shape index (κ1) is 31.0. The molecule has 41 heavy (non-hydrogen) atoms. The van der Waals surface area contributed by atoms with Crippen LogP contribution in [0.15, 0.2) is 84.9 Å². The van der Waals surface area contributed by atoms with E-state index in [-0.39, 0.29) is 36.6 Å². The summed E-state index contributed by atoms with van der Waals surface area (Å²) >= 11 is 1.82. The third-order valence-corrected chi connectivity index (χ3v) is 9.48. The quantitative estimate of drug-likeness (QED) is 0.210. The van der Waals surface area contributed by atoms with Gasteiger partial charge in [0.05, 0.1) is 18.5 Å². The molecule has 6 nitrogen and oxygen atoms in total. The molecule has 2 aromatic carbocycles. The van der Waals surface area contributed by atoms with Gasteiger partial charge in [0.2, 0.25) is 5.60 Å². The molecular formula is C33H38ClNO5S. The largest absolute Gasteiger partial charge is 1.00 e. The van der Waals surface area contributed by atoms with Gasteiger partial charge in [-0.15, -0.1) is 11.3 Å². The number of esters is 2. The number of likely N-dealkylation sites (N-methyl/N-ethyl adjacent to an activating group) is 1. The van der Waals surface area contributed by atoms with Crippen LogP contribution in [0.1, 0.15) is 53.5 Å². The van der Waals surface area contributed by atoms with Crippen molar-refractivity contribution >= 4 is 23.3 Å². The number of halogens is 1. The van der Waals surface area contributed by atoms with Crippen LogP contribution in [0, 0.1) is 0 Å². The van der Waals surface area contributed by atoms with Gasteiger partial charge in [-0.2, -0.15) is 0 Å².